The van der Waals surface area contributed by atoms with Crippen LogP contribution in [0.5, 0.6) is 0 Å². The predicted octanol–water partition coefficient (Wildman–Crippen LogP) is 14.4. The maximum absolute atomic E-state index is 14.7. The number of benzene rings is 6. The molecule has 0 saturated carbocycles. The Morgan fingerprint density at radius 3 is 1.23 bits per heavy atom. The first-order valence-corrected chi connectivity index (χ1v) is 31.8. The van der Waals surface area contributed by atoms with Gasteiger partial charge >= 0.3 is 12.4 Å². The van der Waals surface area contributed by atoms with Gasteiger partial charge in [-0.1, -0.05) is 148 Å². The number of halogens is 8. The molecule has 0 atom stereocenters. The summed E-state index contributed by atoms with van der Waals surface area (Å²) in [6, 6.07) is 31.4. The molecule has 0 fully saturated rings. The third-order valence-corrected chi connectivity index (χ3v) is 17.2. The molecular formula is C72H76F8N8O4S2. The van der Waals surface area contributed by atoms with Gasteiger partial charge in [0.15, 0.2) is 10.3 Å². The van der Waals surface area contributed by atoms with Gasteiger partial charge in [0, 0.05) is 86.9 Å². The Morgan fingerprint density at radius 1 is 0.489 bits per heavy atom. The molecule has 2 aliphatic rings. The summed E-state index contributed by atoms with van der Waals surface area (Å²) in [5, 5.41) is -1.22. The van der Waals surface area contributed by atoms with Gasteiger partial charge in [-0.15, -0.1) is 0 Å². The monoisotopic (exact) mass is 1350 g/mol. The summed E-state index contributed by atoms with van der Waals surface area (Å²) in [6.45, 7) is 4.34. The molecule has 0 saturated heterocycles. The predicted molar refractivity (Wildman–Crippen MR) is 353 cm³/mol. The van der Waals surface area contributed by atoms with Crippen molar-refractivity contribution < 1.29 is 63.9 Å². The number of hydrogen-bond acceptors (Lipinski definition) is 10. The maximum Gasteiger partial charge on any atom is 0.416 e. The average Bonchev–Trinajstić information content (AvgIpc) is 1.51. The number of hydrogen-bond donors (Lipinski definition) is 0. The minimum atomic E-state index is -4.52. The van der Waals surface area contributed by atoms with E-state index in [0.717, 1.165) is 70.1 Å². The van der Waals surface area contributed by atoms with Crippen LogP contribution in [-0.2, 0) is 85.0 Å². The fourth-order valence-corrected chi connectivity index (χ4v) is 11.6. The van der Waals surface area contributed by atoms with Crippen molar-refractivity contribution in [2.24, 2.45) is 0 Å². The first-order valence-electron chi connectivity index (χ1n) is 37.2. The van der Waals surface area contributed by atoms with Gasteiger partial charge < -0.3 is 28.7 Å². The smallest absolute Gasteiger partial charge is 0.336 e. The summed E-state index contributed by atoms with van der Waals surface area (Å²) < 4.78 is 231. The summed E-state index contributed by atoms with van der Waals surface area (Å²) in [5.74, 6) is -3.52. The minimum Gasteiger partial charge on any atom is -0.336 e. The number of amides is 2. The lowest BCUT2D eigenvalue weighted by Gasteiger charge is -2.28. The molecule has 2 amide bonds. The van der Waals surface area contributed by atoms with E-state index in [1.165, 1.54) is 41.3 Å². The number of rotatable bonds is 26. The van der Waals surface area contributed by atoms with Crippen LogP contribution in [-0.4, -0.2) is 103 Å². The van der Waals surface area contributed by atoms with E-state index < -0.39 is 118 Å². The lowest BCUT2D eigenvalue weighted by molar-refractivity contribution is -0.138. The van der Waals surface area contributed by atoms with Gasteiger partial charge in [0.05, 0.1) is 16.6 Å². The molecular weight excluding hydrogens is 1260 g/mol. The zero-order valence-electron chi connectivity index (χ0n) is 65.6. The Morgan fingerprint density at radius 2 is 0.851 bits per heavy atom. The maximum atomic E-state index is 14.7. The summed E-state index contributed by atoms with van der Waals surface area (Å²) in [7, 11) is 0. The fourth-order valence-electron chi connectivity index (χ4n) is 10.2. The molecule has 496 valence electrons. The number of carbonyl (C=O) groups excluding carboxylic acids is 2. The third kappa shape index (κ3) is 18.7. The van der Waals surface area contributed by atoms with Crippen LogP contribution in [0.3, 0.4) is 0 Å². The van der Waals surface area contributed by atoms with Crippen LogP contribution in [0.25, 0.3) is 22.3 Å². The first-order chi connectivity index (χ1) is 50.3. The second-order valence-corrected chi connectivity index (χ2v) is 23.2. The average molecular weight is 1350 g/mol. The Kier molecular flexibility index (Phi) is 18.4. The molecule has 0 bridgehead atoms. The molecule has 8 aromatic rings. The van der Waals surface area contributed by atoms with Gasteiger partial charge in [0.25, 0.3) is 11.1 Å². The second-order valence-electron chi connectivity index (χ2n) is 21.6. The van der Waals surface area contributed by atoms with Gasteiger partial charge in [-0.2, -0.15) is 36.3 Å². The van der Waals surface area contributed by atoms with Gasteiger partial charge in [-0.3, -0.25) is 19.2 Å². The zero-order valence-corrected chi connectivity index (χ0v) is 53.2. The largest absolute Gasteiger partial charge is 0.416 e. The van der Waals surface area contributed by atoms with Crippen LogP contribution in [0, 0.1) is 11.6 Å². The molecule has 22 heteroatoms. The van der Waals surface area contributed by atoms with Crippen molar-refractivity contribution >= 4 is 35.3 Å². The van der Waals surface area contributed by atoms with Crippen molar-refractivity contribution in [1.29, 1.82) is 0 Å². The molecule has 0 unspecified atom stereocenters. The van der Waals surface area contributed by atoms with Gasteiger partial charge in [0.1, 0.15) is 24.6 Å². The molecule has 2 aliphatic carbocycles. The quantitative estimate of drug-likeness (QED) is 0.0295. The molecule has 0 spiro atoms. The first kappa shape index (κ1) is 53.3. The van der Waals surface area contributed by atoms with Crippen LogP contribution in [0.2, 0.25) is 0 Å². The molecule has 0 aliphatic heterocycles. The van der Waals surface area contributed by atoms with E-state index in [4.69, 9.17) is 13.7 Å². The van der Waals surface area contributed by atoms with E-state index in [2.05, 4.69) is 14.9 Å². The Labute approximate surface area is 570 Å². The van der Waals surface area contributed by atoms with Crippen molar-refractivity contribution in [1.82, 2.24) is 38.7 Å². The molecule has 94 heavy (non-hydrogen) atoms. The van der Waals surface area contributed by atoms with Gasteiger partial charge in [-0.05, 0) is 158 Å². The number of thioether (sulfide) groups is 2. The lowest BCUT2D eigenvalue weighted by atomic mass is 10.0. The summed E-state index contributed by atoms with van der Waals surface area (Å²) in [4.78, 5) is 70.0. The second kappa shape index (κ2) is 32.5. The summed E-state index contributed by atoms with van der Waals surface area (Å²) in [5.41, 5.74) is -7.11. The van der Waals surface area contributed by atoms with Crippen LogP contribution >= 0.6 is 23.5 Å². The minimum absolute atomic E-state index is 0.00159. The molecule has 0 radical (unpaired) electrons. The number of likely N-dealkylation sites (N-methyl/N-ethyl adjacent to an activating group) is 2. The highest BCUT2D eigenvalue weighted by molar-refractivity contribution is 7.98. The fraction of sp³-hybridized carbons (Fsp3) is 0.361. The standard InChI is InChI=1S/2C36H38F4N4O2S/c2*1-3-42(4-2)20-21-43(22-25-8-12-27(13-9-25)28-14-16-29(17-15-28)36(38,39)40)33(45)23-44-32-7-5-6-31(32)34(46)41-35(44)47-24-26-10-18-30(37)19-11-26/h2*8-19H,3-7,20-24H2,1-2H3/i5D2,6D2,7D2,23D2,24D2;23D2,24D2. The highest BCUT2D eigenvalue weighted by atomic mass is 32.2. The van der Waals surface area contributed by atoms with Gasteiger partial charge in [0.2, 0.25) is 11.8 Å². The van der Waals surface area contributed by atoms with E-state index in [9.17, 15) is 59.8 Å². The Hall–Kier alpha value is -7.92. The lowest BCUT2D eigenvalue weighted by Crippen LogP contribution is -2.40. The van der Waals surface area contributed by atoms with Crippen LogP contribution in [0.1, 0.15) is 116 Å². The van der Waals surface area contributed by atoms with E-state index >= 15 is 0 Å². The zero-order chi connectivity index (χ0) is 79.7. The van der Waals surface area contributed by atoms with E-state index in [0.29, 0.717) is 90.7 Å². The van der Waals surface area contributed by atoms with Crippen molar-refractivity contribution in [2.45, 2.75) is 126 Å². The highest BCUT2D eigenvalue weighted by Gasteiger charge is 2.32. The van der Waals surface area contributed by atoms with Crippen molar-refractivity contribution in [2.75, 3.05) is 52.4 Å². The van der Waals surface area contributed by atoms with Crippen LogP contribution in [0.4, 0.5) is 35.1 Å². The molecule has 2 heterocycles. The van der Waals surface area contributed by atoms with Crippen molar-refractivity contribution in [3.8, 4) is 22.3 Å². The molecule has 12 nitrogen and oxygen atoms in total. The van der Waals surface area contributed by atoms with Gasteiger partial charge in [-0.25, -0.2) is 8.78 Å². The third-order valence-electron chi connectivity index (χ3n) is 15.6. The van der Waals surface area contributed by atoms with Crippen LogP contribution in [0.15, 0.2) is 165 Å². The number of nitrogens with zero attached hydrogens (tertiary/aromatic N) is 8. The number of fused-ring (bicyclic) bond motifs is 2. The molecule has 2 aromatic heterocycles. The van der Waals surface area contributed by atoms with Crippen LogP contribution < -0.4 is 11.1 Å². The molecule has 6 aromatic carbocycles. The SMILES string of the molecule is [2H]C([2H])(Sc1nc(=O)c2c(n1C([2H])([2H])C(=O)N(CCN(CC)CC)Cc1ccc(-c3ccc(C(F)(F)F)cc3)cc1)C([2H])([2H])C([2H])([2H])C2([2H])[2H])c1ccc(F)cc1.[2H]C([2H])(Sc1nc(=O)c2c(n1C([2H])([2H])C(=O)N(CCN(CC)CC)Cc1ccc(-c3ccc(C(F)(F)F)cc3)cc1)CCC2)c1ccc(F)cc1. The summed E-state index contributed by atoms with van der Waals surface area (Å²) >= 11 is 0.550. The Balaban J connectivity index is 0.000000251. The number of carbonyl (C=O) groups is 2. The van der Waals surface area contributed by atoms with Crippen molar-refractivity contribution in [3.05, 3.63) is 234 Å². The topological polar surface area (TPSA) is 117 Å². The van der Waals surface area contributed by atoms with E-state index in [1.807, 2.05) is 32.6 Å². The van der Waals surface area contributed by atoms with E-state index in [1.54, 1.807) is 48.5 Å². The normalized spacial score (nSPS) is 17.3. The number of aromatic nitrogens is 4. The van der Waals surface area contributed by atoms with Crippen molar-refractivity contribution in [3.63, 3.8) is 0 Å². The summed E-state index contributed by atoms with van der Waals surface area (Å²) in [6.07, 6.45) is -18.2. The number of alkyl halides is 6. The molecule has 0 N–H and O–H groups in total. The highest BCUT2D eigenvalue weighted by Crippen LogP contribution is 2.34. The van der Waals surface area contributed by atoms with E-state index in [-0.39, 0.29) is 83.0 Å². The molecule has 10 rings (SSSR count). The Bertz CT molecular complexity index is 4650.